The average molecular weight is 536 g/mol. The van der Waals surface area contributed by atoms with E-state index < -0.39 is 17.4 Å². The highest BCUT2D eigenvalue weighted by Gasteiger charge is 2.38. The number of benzene rings is 3. The topological polar surface area (TPSA) is 89.1 Å². The minimum Gasteiger partial charge on any atom is -0.496 e. The summed E-state index contributed by atoms with van der Waals surface area (Å²) in [5.41, 5.74) is 3.57. The molecule has 0 saturated heterocycles. The lowest BCUT2D eigenvalue weighted by molar-refractivity contribution is -0.121. The summed E-state index contributed by atoms with van der Waals surface area (Å²) in [6.07, 6.45) is -0.568. The number of methoxy groups -OCH3 is 1. The number of carbonyl (C=O) groups is 2. The van der Waals surface area contributed by atoms with E-state index in [0.717, 1.165) is 16.8 Å². The maximum Gasteiger partial charge on any atom is 0.412 e. The van der Waals surface area contributed by atoms with Crippen LogP contribution in [0.3, 0.4) is 0 Å². The van der Waals surface area contributed by atoms with Crippen LogP contribution in [-0.4, -0.2) is 37.7 Å². The van der Waals surface area contributed by atoms with E-state index in [4.69, 9.17) is 14.2 Å². The molecule has 0 atom stereocenters. The zero-order valence-corrected chi connectivity index (χ0v) is 23.3. The Kier molecular flexibility index (Phi) is 7.72. The summed E-state index contributed by atoms with van der Waals surface area (Å²) in [5, 5.41) is 6.01. The van der Waals surface area contributed by atoms with Crippen LogP contribution in [0.4, 0.5) is 20.6 Å². The highest BCUT2D eigenvalue weighted by molar-refractivity contribution is 6.08. The largest absolute Gasteiger partial charge is 0.496 e. The van der Waals surface area contributed by atoms with Crippen molar-refractivity contribution in [2.75, 3.05) is 24.4 Å². The van der Waals surface area contributed by atoms with Gasteiger partial charge in [0.2, 0.25) is 0 Å². The highest BCUT2D eigenvalue weighted by Crippen LogP contribution is 2.45. The molecule has 0 bridgehead atoms. The van der Waals surface area contributed by atoms with Gasteiger partial charge in [0.25, 0.3) is 5.91 Å². The van der Waals surface area contributed by atoms with Crippen molar-refractivity contribution >= 4 is 23.4 Å². The summed E-state index contributed by atoms with van der Waals surface area (Å²) in [5.74, 6) is 0.674. The van der Waals surface area contributed by atoms with Crippen molar-refractivity contribution in [2.24, 2.45) is 0 Å². The number of hydrogen-bond acceptors (Lipinski definition) is 6. The molecule has 0 unspecified atom stereocenters. The second kappa shape index (κ2) is 10.8. The van der Waals surface area contributed by atoms with Crippen LogP contribution >= 0.6 is 0 Å². The van der Waals surface area contributed by atoms with Gasteiger partial charge in [-0.1, -0.05) is 12.1 Å². The lowest BCUT2D eigenvalue weighted by atomic mass is 9.91. The Labute approximate surface area is 228 Å². The minimum absolute atomic E-state index is 0.0563. The van der Waals surface area contributed by atoms with Crippen molar-refractivity contribution in [3.63, 3.8) is 0 Å². The molecule has 1 heterocycles. The third kappa shape index (κ3) is 5.77. The number of anilines is 2. The van der Waals surface area contributed by atoms with Crippen molar-refractivity contribution in [2.45, 2.75) is 52.8 Å². The zero-order valence-electron chi connectivity index (χ0n) is 23.3. The van der Waals surface area contributed by atoms with Crippen LogP contribution in [0.15, 0.2) is 48.5 Å². The van der Waals surface area contributed by atoms with Crippen molar-refractivity contribution in [1.29, 1.82) is 0 Å². The predicted molar refractivity (Wildman–Crippen MR) is 149 cm³/mol. The van der Waals surface area contributed by atoms with Gasteiger partial charge < -0.3 is 29.7 Å². The molecule has 0 radical (unpaired) electrons. The van der Waals surface area contributed by atoms with Crippen LogP contribution in [0.2, 0.25) is 0 Å². The SMILES string of the molecule is COc1cc(OC(=O)NC(C)C)ccc1-c1ccc2c(c1COc1cc(F)ccc1C)N(C)C(=O)C(C)(C)N2. The van der Waals surface area contributed by atoms with Crippen LogP contribution in [0.5, 0.6) is 17.2 Å². The summed E-state index contributed by atoms with van der Waals surface area (Å²) >= 11 is 0. The Balaban J connectivity index is 1.81. The van der Waals surface area contributed by atoms with Crippen molar-refractivity contribution in [3.05, 3.63) is 65.5 Å². The second-order valence-electron chi connectivity index (χ2n) is 10.4. The molecule has 1 aliphatic rings. The second-order valence-corrected chi connectivity index (χ2v) is 10.4. The lowest BCUT2D eigenvalue weighted by Gasteiger charge is -2.39. The first-order valence-corrected chi connectivity index (χ1v) is 12.7. The summed E-state index contributed by atoms with van der Waals surface area (Å²) in [7, 11) is 3.26. The number of halogens is 1. The molecule has 3 aromatic carbocycles. The molecule has 0 aromatic heterocycles. The summed E-state index contributed by atoms with van der Waals surface area (Å²) in [4.78, 5) is 27.0. The number of ether oxygens (including phenoxy) is 3. The van der Waals surface area contributed by atoms with E-state index in [1.165, 1.54) is 19.2 Å². The number of nitrogens with one attached hydrogen (secondary N) is 2. The Hall–Kier alpha value is -4.27. The molecular formula is C30H34FN3O5. The summed E-state index contributed by atoms with van der Waals surface area (Å²) < 4.78 is 31.2. The van der Waals surface area contributed by atoms with Crippen LogP contribution in [0.1, 0.15) is 38.8 Å². The zero-order chi connectivity index (χ0) is 28.5. The van der Waals surface area contributed by atoms with Gasteiger partial charge in [0, 0.05) is 36.3 Å². The van der Waals surface area contributed by atoms with Gasteiger partial charge in [-0.25, -0.2) is 9.18 Å². The molecule has 0 spiro atoms. The number of hydrogen-bond donors (Lipinski definition) is 2. The number of carbonyl (C=O) groups excluding carboxylic acids is 2. The number of rotatable bonds is 7. The minimum atomic E-state index is -0.798. The molecule has 8 nitrogen and oxygen atoms in total. The van der Waals surface area contributed by atoms with E-state index in [0.29, 0.717) is 34.1 Å². The van der Waals surface area contributed by atoms with E-state index in [1.807, 2.05) is 46.8 Å². The predicted octanol–water partition coefficient (Wildman–Crippen LogP) is 6.05. The summed E-state index contributed by atoms with van der Waals surface area (Å²) in [6.45, 7) is 9.23. The number of fused-ring (bicyclic) bond motifs is 1. The van der Waals surface area contributed by atoms with E-state index in [-0.39, 0.29) is 18.6 Å². The fraction of sp³-hybridized carbons (Fsp3) is 0.333. The maximum absolute atomic E-state index is 14.0. The number of likely N-dealkylation sites (N-methyl/N-ethyl adjacent to an activating group) is 1. The number of aryl methyl sites for hydroxylation is 1. The van der Waals surface area contributed by atoms with E-state index >= 15 is 0 Å². The molecule has 0 saturated carbocycles. The van der Waals surface area contributed by atoms with Gasteiger partial charge in [0.1, 0.15) is 35.2 Å². The van der Waals surface area contributed by atoms with Crippen molar-refractivity contribution in [3.8, 4) is 28.4 Å². The van der Waals surface area contributed by atoms with Gasteiger partial charge >= 0.3 is 6.09 Å². The van der Waals surface area contributed by atoms with E-state index in [2.05, 4.69) is 10.6 Å². The molecule has 2 amide bonds. The Morgan fingerprint density at radius 3 is 2.49 bits per heavy atom. The average Bonchev–Trinajstić information content (AvgIpc) is 2.87. The van der Waals surface area contributed by atoms with Crippen LogP contribution < -0.4 is 29.7 Å². The van der Waals surface area contributed by atoms with Crippen molar-refractivity contribution < 1.29 is 28.2 Å². The van der Waals surface area contributed by atoms with Crippen LogP contribution in [-0.2, 0) is 11.4 Å². The first-order valence-electron chi connectivity index (χ1n) is 12.7. The molecular weight excluding hydrogens is 501 g/mol. The van der Waals surface area contributed by atoms with Gasteiger partial charge in [-0.3, -0.25) is 4.79 Å². The molecule has 39 heavy (non-hydrogen) atoms. The monoisotopic (exact) mass is 535 g/mol. The molecule has 0 fully saturated rings. The number of nitrogens with zero attached hydrogens (tertiary/aromatic N) is 1. The van der Waals surface area contributed by atoms with Crippen LogP contribution in [0.25, 0.3) is 11.1 Å². The first-order chi connectivity index (χ1) is 18.4. The lowest BCUT2D eigenvalue weighted by Crippen LogP contribution is -2.52. The summed E-state index contributed by atoms with van der Waals surface area (Å²) in [6, 6.07) is 13.2. The first kappa shape index (κ1) is 27.8. The van der Waals surface area contributed by atoms with Crippen molar-refractivity contribution in [1.82, 2.24) is 5.32 Å². The Morgan fingerprint density at radius 2 is 1.79 bits per heavy atom. The normalized spacial score (nSPS) is 14.0. The standard InChI is InChI=1S/C30H34FN3O5/c1-17(2)32-29(36)39-20-10-11-22(26(15-20)37-7)21-12-13-24-27(34(6)28(35)30(4,5)33-24)23(21)16-38-25-14-19(31)9-8-18(25)3/h8-15,17,33H,16H2,1-7H3,(H,32,36). The Bertz CT molecular complexity index is 1420. The van der Waals surface area contributed by atoms with Gasteiger partial charge in [-0.05, 0) is 70.0 Å². The van der Waals surface area contributed by atoms with Gasteiger partial charge in [-0.2, -0.15) is 0 Å². The fourth-order valence-electron chi connectivity index (χ4n) is 4.64. The third-order valence-electron chi connectivity index (χ3n) is 6.51. The quantitative estimate of drug-likeness (QED) is 0.383. The molecule has 4 rings (SSSR count). The maximum atomic E-state index is 14.0. The smallest absolute Gasteiger partial charge is 0.412 e. The van der Waals surface area contributed by atoms with Crippen LogP contribution in [0, 0.1) is 12.7 Å². The highest BCUT2D eigenvalue weighted by atomic mass is 19.1. The van der Waals surface area contributed by atoms with Gasteiger partial charge in [-0.15, -0.1) is 0 Å². The molecule has 0 aliphatic carbocycles. The Morgan fingerprint density at radius 1 is 1.08 bits per heavy atom. The molecule has 1 aliphatic heterocycles. The van der Waals surface area contributed by atoms with E-state index in [1.54, 1.807) is 36.2 Å². The number of amides is 2. The fourth-order valence-corrected chi connectivity index (χ4v) is 4.64. The van der Waals surface area contributed by atoms with E-state index in [9.17, 15) is 14.0 Å². The molecule has 206 valence electrons. The molecule has 3 aromatic rings. The molecule has 2 N–H and O–H groups in total. The van der Waals surface area contributed by atoms with Gasteiger partial charge in [0.15, 0.2) is 0 Å². The third-order valence-corrected chi connectivity index (χ3v) is 6.51. The molecule has 9 heteroatoms. The van der Waals surface area contributed by atoms with Gasteiger partial charge in [0.05, 0.1) is 18.5 Å².